The molecule has 0 amide bonds. The van der Waals surface area contributed by atoms with Crippen LogP contribution in [0, 0.1) is 5.82 Å². The van der Waals surface area contributed by atoms with Crippen LogP contribution < -0.4 is 0 Å². The summed E-state index contributed by atoms with van der Waals surface area (Å²) in [6.07, 6.45) is 4.05. The molecule has 0 radical (unpaired) electrons. The highest BCUT2D eigenvalue weighted by molar-refractivity contribution is 9.10. The van der Waals surface area contributed by atoms with Crippen molar-refractivity contribution in [2.45, 2.75) is 26.0 Å². The summed E-state index contributed by atoms with van der Waals surface area (Å²) < 4.78 is 15.8. The van der Waals surface area contributed by atoms with Gasteiger partial charge in [0, 0.05) is 18.9 Å². The minimum atomic E-state index is -0.429. The second-order valence-corrected chi connectivity index (χ2v) is 5.05. The molecule has 0 saturated heterocycles. The van der Waals surface area contributed by atoms with Crippen molar-refractivity contribution in [3.63, 3.8) is 0 Å². The molecular weight excluding hydrogens is 297 g/mol. The largest absolute Gasteiger partial charge is 0.388 e. The summed E-state index contributed by atoms with van der Waals surface area (Å²) >= 11 is 3.25. The van der Waals surface area contributed by atoms with E-state index in [1.165, 1.54) is 6.07 Å². The summed E-state index contributed by atoms with van der Waals surface area (Å²) in [6.45, 7) is 2.51. The Balaban J connectivity index is 2.19. The van der Waals surface area contributed by atoms with Gasteiger partial charge in [0.25, 0.3) is 0 Å². The van der Waals surface area contributed by atoms with Crippen LogP contribution in [0.5, 0.6) is 0 Å². The lowest BCUT2D eigenvalue weighted by Gasteiger charge is -2.07. The van der Waals surface area contributed by atoms with Crippen molar-refractivity contribution in [2.24, 2.45) is 0 Å². The monoisotopic (exact) mass is 311 g/mol. The van der Waals surface area contributed by atoms with Crippen molar-refractivity contribution in [1.29, 1.82) is 0 Å². The summed E-state index contributed by atoms with van der Waals surface area (Å²) in [5.74, 6) is -0.256. The van der Waals surface area contributed by atoms with Gasteiger partial charge in [-0.25, -0.2) is 4.39 Å². The summed E-state index contributed by atoms with van der Waals surface area (Å²) in [5, 5.41) is 9.72. The fourth-order valence-electron chi connectivity index (χ4n) is 1.86. The Kier molecular flexibility index (Phi) is 4.19. The van der Waals surface area contributed by atoms with Gasteiger partial charge in [-0.05, 0) is 45.6 Å². The van der Waals surface area contributed by atoms with Gasteiger partial charge in [0.15, 0.2) is 0 Å². The first-order valence-corrected chi connectivity index (χ1v) is 6.67. The van der Waals surface area contributed by atoms with Crippen molar-refractivity contribution in [2.75, 3.05) is 0 Å². The number of aromatic nitrogens is 1. The number of aliphatic hydroxyl groups excluding tert-OH is 1. The lowest BCUT2D eigenvalue weighted by Crippen LogP contribution is -1.99. The van der Waals surface area contributed by atoms with E-state index >= 15 is 0 Å². The van der Waals surface area contributed by atoms with E-state index in [2.05, 4.69) is 15.9 Å². The van der Waals surface area contributed by atoms with Crippen molar-refractivity contribution in [3.8, 4) is 0 Å². The highest BCUT2D eigenvalue weighted by atomic mass is 79.9. The lowest BCUT2D eigenvalue weighted by molar-refractivity contribution is 0.173. The summed E-state index contributed by atoms with van der Waals surface area (Å²) in [6, 6.07) is 6.89. The zero-order chi connectivity index (χ0) is 13.1. The van der Waals surface area contributed by atoms with Gasteiger partial charge in [0.2, 0.25) is 0 Å². The van der Waals surface area contributed by atoms with Gasteiger partial charge in [-0.2, -0.15) is 0 Å². The number of hydrogen-bond acceptors (Lipinski definition) is 1. The highest BCUT2D eigenvalue weighted by Gasteiger charge is 2.08. The van der Waals surface area contributed by atoms with Gasteiger partial charge in [-0.15, -0.1) is 0 Å². The molecule has 1 aromatic heterocycles. The number of halogens is 2. The molecule has 0 saturated carbocycles. The Morgan fingerprint density at radius 2 is 2.17 bits per heavy atom. The number of aliphatic hydroxyl groups is 1. The third-order valence-corrected chi connectivity index (χ3v) is 3.82. The number of rotatable bonds is 4. The Hall–Kier alpha value is -1.13. The molecule has 2 nitrogen and oxygen atoms in total. The first kappa shape index (κ1) is 13.3. The van der Waals surface area contributed by atoms with Gasteiger partial charge >= 0.3 is 0 Å². The van der Waals surface area contributed by atoms with E-state index in [0.717, 1.165) is 11.1 Å². The van der Waals surface area contributed by atoms with Crippen LogP contribution in [-0.2, 0) is 6.54 Å². The van der Waals surface area contributed by atoms with Crippen molar-refractivity contribution in [3.05, 3.63) is 58.1 Å². The third-order valence-electron chi connectivity index (χ3n) is 2.93. The molecule has 1 unspecified atom stereocenters. The van der Waals surface area contributed by atoms with Crippen molar-refractivity contribution < 1.29 is 9.50 Å². The van der Waals surface area contributed by atoms with Crippen LogP contribution in [-0.4, -0.2) is 9.67 Å². The Morgan fingerprint density at radius 1 is 1.39 bits per heavy atom. The van der Waals surface area contributed by atoms with E-state index in [1.54, 1.807) is 6.07 Å². The minimum Gasteiger partial charge on any atom is -0.388 e. The van der Waals surface area contributed by atoms with Crippen LogP contribution in [0.3, 0.4) is 0 Å². The second kappa shape index (κ2) is 5.67. The average Bonchev–Trinajstić information content (AvgIpc) is 2.82. The number of nitrogens with zero attached hydrogens (tertiary/aromatic N) is 1. The molecule has 0 aliphatic rings. The maximum Gasteiger partial charge on any atom is 0.137 e. The molecule has 1 N–H and O–H groups in total. The van der Waals surface area contributed by atoms with Gasteiger partial charge in [-0.3, -0.25) is 0 Å². The third kappa shape index (κ3) is 2.82. The molecular formula is C14H15BrFNO. The van der Waals surface area contributed by atoms with E-state index in [9.17, 15) is 9.50 Å². The molecule has 1 aromatic carbocycles. The van der Waals surface area contributed by atoms with Crippen LogP contribution in [0.15, 0.2) is 41.1 Å². The Morgan fingerprint density at radius 3 is 2.89 bits per heavy atom. The fraction of sp³-hybridized carbons (Fsp3) is 0.286. The predicted molar refractivity (Wildman–Crippen MR) is 72.9 cm³/mol. The molecule has 1 heterocycles. The molecule has 0 fully saturated rings. The lowest BCUT2D eigenvalue weighted by atomic mass is 10.1. The van der Waals surface area contributed by atoms with E-state index < -0.39 is 6.10 Å². The molecule has 0 bridgehead atoms. The highest BCUT2D eigenvalue weighted by Crippen LogP contribution is 2.22. The maximum absolute atomic E-state index is 13.4. The predicted octanol–water partition coefficient (Wildman–Crippen LogP) is 3.88. The molecule has 2 aromatic rings. The molecule has 2 rings (SSSR count). The molecule has 96 valence electrons. The Labute approximate surface area is 114 Å². The molecule has 4 heteroatoms. The quantitative estimate of drug-likeness (QED) is 0.910. The Bertz CT molecular complexity index is 538. The molecule has 0 aliphatic heterocycles. The van der Waals surface area contributed by atoms with Crippen LogP contribution in [0.25, 0.3) is 0 Å². The summed E-state index contributed by atoms with van der Waals surface area (Å²) in [7, 11) is 0. The van der Waals surface area contributed by atoms with Crippen molar-refractivity contribution in [1.82, 2.24) is 4.57 Å². The normalized spacial score (nSPS) is 12.7. The van der Waals surface area contributed by atoms with Gasteiger partial charge in [-0.1, -0.05) is 19.1 Å². The topological polar surface area (TPSA) is 25.2 Å². The first-order chi connectivity index (χ1) is 8.61. The summed E-state index contributed by atoms with van der Waals surface area (Å²) in [5.41, 5.74) is 1.77. The van der Waals surface area contributed by atoms with E-state index in [4.69, 9.17) is 0 Å². The zero-order valence-electron chi connectivity index (χ0n) is 10.1. The SMILES string of the molecule is CCC(O)c1ccn(Cc2cccc(F)c2Br)c1. The van der Waals surface area contributed by atoms with Crippen molar-refractivity contribution >= 4 is 15.9 Å². The first-order valence-electron chi connectivity index (χ1n) is 5.88. The van der Waals surface area contributed by atoms with Crippen LogP contribution in [0.2, 0.25) is 0 Å². The molecule has 18 heavy (non-hydrogen) atoms. The number of hydrogen-bond donors (Lipinski definition) is 1. The van der Waals surface area contributed by atoms with Gasteiger partial charge < -0.3 is 9.67 Å². The van der Waals surface area contributed by atoms with Crippen LogP contribution in [0.1, 0.15) is 30.6 Å². The molecule has 1 atom stereocenters. The zero-order valence-corrected chi connectivity index (χ0v) is 11.7. The van der Waals surface area contributed by atoms with Gasteiger partial charge in [0.05, 0.1) is 10.6 Å². The van der Waals surface area contributed by atoms with E-state index in [0.29, 0.717) is 17.4 Å². The van der Waals surface area contributed by atoms with Gasteiger partial charge in [0.1, 0.15) is 5.82 Å². The summed E-state index contributed by atoms with van der Waals surface area (Å²) in [4.78, 5) is 0. The average molecular weight is 312 g/mol. The minimum absolute atomic E-state index is 0.256. The molecule has 0 spiro atoms. The van der Waals surface area contributed by atoms with Crippen LogP contribution in [0.4, 0.5) is 4.39 Å². The fourth-order valence-corrected chi connectivity index (χ4v) is 2.25. The molecule has 0 aliphatic carbocycles. The smallest absolute Gasteiger partial charge is 0.137 e. The van der Waals surface area contributed by atoms with E-state index in [-0.39, 0.29) is 5.82 Å². The standard InChI is InChI=1S/C14H15BrFNO/c1-2-13(18)10-6-7-17(8-10)9-11-4-3-5-12(16)14(11)15/h3-8,13,18H,2,9H2,1H3. The van der Waals surface area contributed by atoms with Crippen LogP contribution >= 0.6 is 15.9 Å². The number of benzene rings is 1. The van der Waals surface area contributed by atoms with E-state index in [1.807, 2.05) is 36.0 Å². The second-order valence-electron chi connectivity index (χ2n) is 4.25. The maximum atomic E-state index is 13.4.